The van der Waals surface area contributed by atoms with Gasteiger partial charge in [0, 0.05) is 17.4 Å². The molecule has 7 aromatic rings. The number of aromatic nitrogens is 1. The first kappa shape index (κ1) is 28.5. The van der Waals surface area contributed by atoms with Crippen LogP contribution in [0.25, 0.3) is 65.5 Å². The number of halogens is 6. The Morgan fingerprint density at radius 1 is 0.605 bits per heavy atom. The number of pyridine rings is 1. The molecule has 0 N–H and O–H groups in total. The maximum absolute atomic E-state index is 14.1. The molecule has 1 aromatic heterocycles. The molecule has 0 saturated heterocycles. The molecule has 0 saturated carbocycles. The highest BCUT2D eigenvalue weighted by Crippen LogP contribution is 2.43. The van der Waals surface area contributed by atoms with Gasteiger partial charge in [-0.15, -0.1) is 0 Å². The molecule has 0 radical (unpaired) electrons. The Balaban J connectivity index is 0.000000611. The molecule has 0 bridgehead atoms. The highest BCUT2D eigenvalue weighted by molar-refractivity contribution is 6.50. The van der Waals surface area contributed by atoms with E-state index in [9.17, 15) is 26.0 Å². The van der Waals surface area contributed by atoms with Crippen LogP contribution in [0, 0.1) is 11.6 Å². The number of rotatable bonds is 5. The Kier molecular flexibility index (Phi) is 7.46. The quantitative estimate of drug-likeness (QED) is 0.0622. The number of unbranched alkanes of at least 4 members (excludes halogenated alkanes) is 1. The van der Waals surface area contributed by atoms with Gasteiger partial charge >= 0.3 is 7.25 Å². The number of fused-ring (bicyclic) bond motifs is 2. The predicted octanol–water partition coefficient (Wildman–Crippen LogP) is 10.7. The summed E-state index contributed by atoms with van der Waals surface area (Å²) in [5.41, 5.74) is 3.93. The van der Waals surface area contributed by atoms with Crippen molar-refractivity contribution in [3.63, 3.8) is 0 Å². The lowest BCUT2D eigenvalue weighted by Crippen LogP contribution is -2.36. The molecule has 43 heavy (non-hydrogen) atoms. The highest BCUT2D eigenvalue weighted by Gasteiger charge is 2.26. The van der Waals surface area contributed by atoms with E-state index in [4.69, 9.17) is 0 Å². The smallest absolute Gasteiger partial charge is 0.418 e. The van der Waals surface area contributed by atoms with E-state index >= 15 is 0 Å². The Hall–Kier alpha value is -4.59. The van der Waals surface area contributed by atoms with Crippen LogP contribution in [0.5, 0.6) is 0 Å². The minimum atomic E-state index is -6.00. The van der Waals surface area contributed by atoms with Crippen LogP contribution in [0.1, 0.15) is 19.8 Å². The first-order valence-electron chi connectivity index (χ1n) is 14.1. The average Bonchev–Trinajstić information content (AvgIpc) is 2.98. The monoisotopic (exact) mass is 585 g/mol. The van der Waals surface area contributed by atoms with Crippen molar-refractivity contribution in [3.8, 4) is 22.4 Å². The van der Waals surface area contributed by atoms with Gasteiger partial charge in [0.25, 0.3) is 0 Å². The van der Waals surface area contributed by atoms with Crippen LogP contribution in [-0.4, -0.2) is 7.25 Å². The van der Waals surface area contributed by atoms with Crippen molar-refractivity contribution >= 4 is 50.3 Å². The van der Waals surface area contributed by atoms with Gasteiger partial charge in [0.05, 0.1) is 10.9 Å². The Morgan fingerprint density at radius 3 is 1.77 bits per heavy atom. The molecular weight excluding hydrogens is 559 g/mol. The second-order valence-corrected chi connectivity index (χ2v) is 10.6. The van der Waals surface area contributed by atoms with Crippen molar-refractivity contribution < 1.29 is 30.6 Å². The van der Waals surface area contributed by atoms with Crippen molar-refractivity contribution in [1.82, 2.24) is 0 Å². The molecule has 0 fully saturated rings. The largest absolute Gasteiger partial charge is 0.673 e. The number of hydrogen-bond acceptors (Lipinski definition) is 0. The maximum Gasteiger partial charge on any atom is 0.673 e. The second kappa shape index (κ2) is 11.2. The summed E-state index contributed by atoms with van der Waals surface area (Å²) in [6.45, 7) is 3.02. The van der Waals surface area contributed by atoms with E-state index in [2.05, 4.69) is 66.2 Å². The summed E-state index contributed by atoms with van der Waals surface area (Å²) >= 11 is 0. The van der Waals surface area contributed by atoms with Gasteiger partial charge in [-0.1, -0.05) is 67.9 Å². The number of nitrogens with zero attached hydrogens (tertiary/aromatic N) is 1. The molecule has 0 aliphatic rings. The first-order chi connectivity index (χ1) is 20.6. The van der Waals surface area contributed by atoms with E-state index in [1.807, 2.05) is 24.3 Å². The molecule has 0 spiro atoms. The van der Waals surface area contributed by atoms with Crippen LogP contribution >= 0.6 is 0 Å². The van der Waals surface area contributed by atoms with Crippen LogP contribution in [-0.2, 0) is 6.54 Å². The molecule has 0 amide bonds. The fraction of sp³-hybridized carbons (Fsp3) is 0.114. The zero-order valence-electron chi connectivity index (χ0n) is 23.2. The number of benzene rings is 6. The van der Waals surface area contributed by atoms with Crippen molar-refractivity contribution in [2.24, 2.45) is 0 Å². The summed E-state index contributed by atoms with van der Waals surface area (Å²) in [6, 6.07) is 31.0. The van der Waals surface area contributed by atoms with Crippen molar-refractivity contribution in [2.75, 3.05) is 0 Å². The van der Waals surface area contributed by atoms with E-state index in [0.29, 0.717) is 0 Å². The van der Waals surface area contributed by atoms with Crippen molar-refractivity contribution in [1.29, 1.82) is 0 Å². The molecule has 0 aliphatic heterocycles. The van der Waals surface area contributed by atoms with E-state index in [-0.39, 0.29) is 11.6 Å². The summed E-state index contributed by atoms with van der Waals surface area (Å²) in [6.07, 6.45) is 4.33. The third kappa shape index (κ3) is 5.62. The minimum absolute atomic E-state index is 0.263. The van der Waals surface area contributed by atoms with E-state index < -0.39 is 7.25 Å². The Morgan fingerprint density at radius 2 is 1.16 bits per heavy atom. The number of aryl methyl sites for hydroxylation is 1. The van der Waals surface area contributed by atoms with Gasteiger partial charge in [0.15, 0.2) is 6.20 Å². The fourth-order valence-electron chi connectivity index (χ4n) is 6.00. The van der Waals surface area contributed by atoms with E-state index in [1.54, 1.807) is 0 Å². The van der Waals surface area contributed by atoms with Crippen LogP contribution in [0.4, 0.5) is 26.0 Å². The summed E-state index contributed by atoms with van der Waals surface area (Å²) < 4.78 is 69.3. The zero-order chi connectivity index (χ0) is 30.3. The lowest BCUT2D eigenvalue weighted by Gasteiger charge is -2.17. The lowest BCUT2D eigenvalue weighted by atomic mass is 9.87. The van der Waals surface area contributed by atoms with E-state index in [0.717, 1.165) is 52.5 Å². The van der Waals surface area contributed by atoms with Gasteiger partial charge in [0.1, 0.15) is 18.2 Å². The van der Waals surface area contributed by atoms with Gasteiger partial charge in [0.2, 0.25) is 5.69 Å². The van der Waals surface area contributed by atoms with Crippen molar-refractivity contribution in [3.05, 3.63) is 115 Å². The standard InChI is InChI=1S/C35H26F2N.BF4/c1-2-3-19-38-21-31-29-18-13-23-6-4-5-22-7-8-26(33(29)32(22)23)20-30(31)34(24-9-14-27(36)15-10-24)35(38)25-11-16-28(37)17-12-25;2-1(3,4)5/h4-18,20-21H,2-3,19H2,1H3;/q+1;-1. The molecule has 0 unspecified atom stereocenters. The third-order valence-electron chi connectivity index (χ3n) is 7.77. The Labute approximate surface area is 244 Å². The number of hydrogen-bond donors (Lipinski definition) is 0. The molecule has 8 heteroatoms. The maximum atomic E-state index is 14.1. The summed E-state index contributed by atoms with van der Waals surface area (Å²) in [4.78, 5) is 0. The molecule has 7 rings (SSSR count). The predicted molar refractivity (Wildman–Crippen MR) is 164 cm³/mol. The molecule has 0 aliphatic carbocycles. The van der Waals surface area contributed by atoms with E-state index in [1.165, 1.54) is 56.6 Å². The van der Waals surface area contributed by atoms with Crippen LogP contribution < -0.4 is 4.57 Å². The Bertz CT molecular complexity index is 2050. The summed E-state index contributed by atoms with van der Waals surface area (Å²) in [5.74, 6) is -0.528. The average molecular weight is 585 g/mol. The van der Waals surface area contributed by atoms with Crippen LogP contribution in [0.3, 0.4) is 0 Å². The van der Waals surface area contributed by atoms with Crippen LogP contribution in [0.2, 0.25) is 0 Å². The van der Waals surface area contributed by atoms with Gasteiger partial charge in [-0.05, 0) is 80.3 Å². The molecule has 0 atom stereocenters. The molecular formula is C35H26BF6N. The lowest BCUT2D eigenvalue weighted by molar-refractivity contribution is -0.684. The van der Waals surface area contributed by atoms with Gasteiger partial charge in [-0.2, -0.15) is 4.57 Å². The van der Waals surface area contributed by atoms with Gasteiger partial charge in [-0.3, -0.25) is 0 Å². The molecule has 216 valence electrons. The van der Waals surface area contributed by atoms with Crippen molar-refractivity contribution in [2.45, 2.75) is 26.3 Å². The summed E-state index contributed by atoms with van der Waals surface area (Å²) in [5, 5.41) is 9.69. The molecule has 1 heterocycles. The zero-order valence-corrected chi connectivity index (χ0v) is 23.2. The SMILES string of the molecule is CCCC[n+]1cc2c(cc3ccc4cccc5ccc2c3c45)c(-c2ccc(F)cc2)c1-c1ccc(F)cc1.F[B-](F)(F)F. The second-order valence-electron chi connectivity index (χ2n) is 10.6. The molecule has 1 nitrogen and oxygen atoms in total. The third-order valence-corrected chi connectivity index (χ3v) is 7.77. The topological polar surface area (TPSA) is 3.88 Å². The summed E-state index contributed by atoms with van der Waals surface area (Å²) in [7, 11) is -6.00. The van der Waals surface area contributed by atoms with Crippen LogP contribution in [0.15, 0.2) is 103 Å². The minimum Gasteiger partial charge on any atom is -0.418 e. The normalized spacial score (nSPS) is 11.9. The van der Waals surface area contributed by atoms with Gasteiger partial charge < -0.3 is 17.3 Å². The molecule has 6 aromatic carbocycles. The first-order valence-corrected chi connectivity index (χ1v) is 14.1. The van der Waals surface area contributed by atoms with Gasteiger partial charge in [-0.25, -0.2) is 8.78 Å². The highest BCUT2D eigenvalue weighted by atomic mass is 19.5. The fourth-order valence-corrected chi connectivity index (χ4v) is 6.00.